The maximum absolute atomic E-state index is 5.99. The third-order valence-electron chi connectivity index (χ3n) is 3.78. The van der Waals surface area contributed by atoms with E-state index in [-0.39, 0.29) is 0 Å². The molecule has 0 aromatic heterocycles. The van der Waals surface area contributed by atoms with Gasteiger partial charge in [-0.25, -0.2) is 0 Å². The fourth-order valence-electron chi connectivity index (χ4n) is 2.53. The maximum atomic E-state index is 5.99. The molecule has 0 bridgehead atoms. The number of likely N-dealkylation sites (tertiary alicyclic amines) is 1. The summed E-state index contributed by atoms with van der Waals surface area (Å²) >= 11 is 0. The van der Waals surface area contributed by atoms with Crippen LogP contribution in [0.25, 0.3) is 0 Å². The molecule has 15 heavy (non-hydrogen) atoms. The minimum atomic E-state index is 0.408. The van der Waals surface area contributed by atoms with Crippen molar-refractivity contribution in [2.75, 3.05) is 13.1 Å². The lowest BCUT2D eigenvalue weighted by atomic mass is 10.1. The summed E-state index contributed by atoms with van der Waals surface area (Å²) in [6.45, 7) is 7.02. The number of hydrogen-bond donors (Lipinski definition) is 1. The molecule has 2 nitrogen and oxygen atoms in total. The summed E-state index contributed by atoms with van der Waals surface area (Å²) in [6, 6.07) is 1.24. The highest BCUT2D eigenvalue weighted by Gasteiger charge is 2.19. The first kappa shape index (κ1) is 13.0. The summed E-state index contributed by atoms with van der Waals surface area (Å²) in [5.74, 6) is 0. The highest BCUT2D eigenvalue weighted by molar-refractivity contribution is 4.75. The molecule has 2 heteroatoms. The molecule has 90 valence electrons. The highest BCUT2D eigenvalue weighted by atomic mass is 15.2. The molecule has 0 radical (unpaired) electrons. The molecule has 1 rings (SSSR count). The van der Waals surface area contributed by atoms with E-state index in [9.17, 15) is 0 Å². The van der Waals surface area contributed by atoms with E-state index < -0.39 is 0 Å². The van der Waals surface area contributed by atoms with Gasteiger partial charge in [0.1, 0.15) is 0 Å². The molecule has 0 aromatic carbocycles. The molecule has 2 atom stereocenters. The minimum Gasteiger partial charge on any atom is -0.328 e. The Labute approximate surface area is 95.2 Å². The highest BCUT2D eigenvalue weighted by Crippen LogP contribution is 2.19. The largest absolute Gasteiger partial charge is 0.328 e. The summed E-state index contributed by atoms with van der Waals surface area (Å²) in [4.78, 5) is 2.68. The molecule has 1 heterocycles. The Morgan fingerprint density at radius 3 is 2.73 bits per heavy atom. The summed E-state index contributed by atoms with van der Waals surface area (Å²) in [6.07, 6.45) is 9.23. The van der Waals surface area contributed by atoms with Crippen molar-refractivity contribution in [1.29, 1.82) is 0 Å². The molecular formula is C13H28N2. The van der Waals surface area contributed by atoms with Gasteiger partial charge in [-0.2, -0.15) is 0 Å². The fourth-order valence-corrected chi connectivity index (χ4v) is 2.53. The van der Waals surface area contributed by atoms with E-state index in [1.807, 2.05) is 0 Å². The second-order valence-electron chi connectivity index (χ2n) is 4.90. The molecule has 0 spiro atoms. The number of rotatable bonds is 5. The Bertz CT molecular complexity index is 159. The molecule has 0 aromatic rings. The van der Waals surface area contributed by atoms with Crippen molar-refractivity contribution in [2.24, 2.45) is 5.73 Å². The third kappa shape index (κ3) is 4.52. The van der Waals surface area contributed by atoms with Gasteiger partial charge in [0.2, 0.25) is 0 Å². The Morgan fingerprint density at radius 1 is 1.27 bits per heavy atom. The number of nitrogens with zero attached hydrogens (tertiary/aromatic N) is 1. The van der Waals surface area contributed by atoms with Crippen LogP contribution in [0.4, 0.5) is 0 Å². The lowest BCUT2D eigenvalue weighted by molar-refractivity contribution is 0.187. The quantitative estimate of drug-likeness (QED) is 0.759. The van der Waals surface area contributed by atoms with E-state index in [4.69, 9.17) is 5.73 Å². The van der Waals surface area contributed by atoms with Crippen molar-refractivity contribution in [2.45, 2.75) is 70.9 Å². The van der Waals surface area contributed by atoms with Crippen molar-refractivity contribution in [1.82, 2.24) is 4.90 Å². The molecule has 1 fully saturated rings. The first-order chi connectivity index (χ1) is 7.27. The molecule has 1 saturated heterocycles. The van der Waals surface area contributed by atoms with E-state index >= 15 is 0 Å². The van der Waals surface area contributed by atoms with E-state index in [1.54, 1.807) is 0 Å². The zero-order chi connectivity index (χ0) is 11.1. The molecule has 2 unspecified atom stereocenters. The van der Waals surface area contributed by atoms with Gasteiger partial charge in [0.25, 0.3) is 0 Å². The minimum absolute atomic E-state index is 0.408. The second-order valence-corrected chi connectivity index (χ2v) is 4.90. The zero-order valence-electron chi connectivity index (χ0n) is 10.5. The Kier molecular flexibility index (Phi) is 6.26. The van der Waals surface area contributed by atoms with E-state index in [2.05, 4.69) is 18.7 Å². The Balaban J connectivity index is 2.34. The van der Waals surface area contributed by atoms with Crippen molar-refractivity contribution in [3.63, 3.8) is 0 Å². The summed E-state index contributed by atoms with van der Waals surface area (Å²) < 4.78 is 0. The van der Waals surface area contributed by atoms with Gasteiger partial charge in [0.05, 0.1) is 0 Å². The van der Waals surface area contributed by atoms with Crippen LogP contribution in [0.1, 0.15) is 58.8 Å². The zero-order valence-corrected chi connectivity index (χ0v) is 10.5. The van der Waals surface area contributed by atoms with Crippen LogP contribution in [0.5, 0.6) is 0 Å². The Hall–Kier alpha value is -0.0800. The predicted molar refractivity (Wildman–Crippen MR) is 67.0 cm³/mol. The van der Waals surface area contributed by atoms with Crippen molar-refractivity contribution in [3.8, 4) is 0 Å². The lowest BCUT2D eigenvalue weighted by Crippen LogP contribution is -2.37. The topological polar surface area (TPSA) is 29.3 Å². The van der Waals surface area contributed by atoms with Crippen molar-refractivity contribution < 1.29 is 0 Å². The maximum Gasteiger partial charge on any atom is 0.00926 e. The average Bonchev–Trinajstić information content (AvgIpc) is 2.50. The van der Waals surface area contributed by atoms with Gasteiger partial charge in [-0.1, -0.05) is 26.7 Å². The summed E-state index contributed by atoms with van der Waals surface area (Å²) in [5, 5.41) is 0. The molecule has 0 amide bonds. The van der Waals surface area contributed by atoms with Crippen molar-refractivity contribution >= 4 is 0 Å². The fraction of sp³-hybridized carbons (Fsp3) is 1.00. The predicted octanol–water partition coefficient (Wildman–Crippen LogP) is 2.77. The van der Waals surface area contributed by atoms with Crippen LogP contribution in [0.15, 0.2) is 0 Å². The van der Waals surface area contributed by atoms with Gasteiger partial charge in [0, 0.05) is 12.1 Å². The van der Waals surface area contributed by atoms with Gasteiger partial charge in [-0.05, 0) is 45.2 Å². The van der Waals surface area contributed by atoms with Gasteiger partial charge in [0.15, 0.2) is 0 Å². The van der Waals surface area contributed by atoms with Crippen LogP contribution in [0.3, 0.4) is 0 Å². The van der Waals surface area contributed by atoms with Gasteiger partial charge < -0.3 is 10.6 Å². The number of hydrogen-bond acceptors (Lipinski definition) is 2. The van der Waals surface area contributed by atoms with E-state index in [1.165, 1.54) is 51.6 Å². The normalized spacial score (nSPS) is 26.2. The first-order valence-electron chi connectivity index (χ1n) is 6.77. The van der Waals surface area contributed by atoms with E-state index in [0.717, 1.165) is 12.5 Å². The van der Waals surface area contributed by atoms with Crippen molar-refractivity contribution in [3.05, 3.63) is 0 Å². The van der Waals surface area contributed by atoms with Gasteiger partial charge in [-0.3, -0.25) is 0 Å². The van der Waals surface area contributed by atoms with Crippen LogP contribution >= 0.6 is 0 Å². The van der Waals surface area contributed by atoms with Crippen LogP contribution in [-0.2, 0) is 0 Å². The lowest BCUT2D eigenvalue weighted by Gasteiger charge is -2.29. The van der Waals surface area contributed by atoms with Crippen LogP contribution in [0.2, 0.25) is 0 Å². The Morgan fingerprint density at radius 2 is 2.07 bits per heavy atom. The molecular weight excluding hydrogens is 184 g/mol. The monoisotopic (exact) mass is 212 g/mol. The van der Waals surface area contributed by atoms with Gasteiger partial charge >= 0.3 is 0 Å². The molecule has 0 saturated carbocycles. The summed E-state index contributed by atoms with van der Waals surface area (Å²) in [5.41, 5.74) is 5.99. The van der Waals surface area contributed by atoms with Gasteiger partial charge in [-0.15, -0.1) is 0 Å². The molecule has 0 aliphatic carbocycles. The molecule has 2 N–H and O–H groups in total. The van der Waals surface area contributed by atoms with Crippen LogP contribution in [0, 0.1) is 0 Å². The third-order valence-corrected chi connectivity index (χ3v) is 3.78. The summed E-state index contributed by atoms with van der Waals surface area (Å²) in [7, 11) is 0. The van der Waals surface area contributed by atoms with Crippen LogP contribution in [-0.4, -0.2) is 30.1 Å². The van der Waals surface area contributed by atoms with E-state index in [0.29, 0.717) is 6.04 Å². The molecule has 1 aliphatic rings. The smallest absolute Gasteiger partial charge is 0.00926 e. The average molecular weight is 212 g/mol. The van der Waals surface area contributed by atoms with Crippen LogP contribution < -0.4 is 5.73 Å². The number of nitrogens with two attached hydrogens (primary N) is 1. The second kappa shape index (κ2) is 7.24. The molecule has 1 aliphatic heterocycles. The SMILES string of the molecule is CCC(N)CCN1CCCCCC1CC. The standard InChI is InChI=1S/C13H28N2/c1-3-12(14)9-11-15-10-7-5-6-8-13(15)4-2/h12-13H,3-11,14H2,1-2H3. The first-order valence-corrected chi connectivity index (χ1v) is 6.77.